The van der Waals surface area contributed by atoms with E-state index in [0.29, 0.717) is 6.54 Å². The van der Waals surface area contributed by atoms with Crippen LogP contribution >= 0.6 is 0 Å². The van der Waals surface area contributed by atoms with Gasteiger partial charge in [-0.25, -0.2) is 0 Å². The Hall–Kier alpha value is -1.29. The van der Waals surface area contributed by atoms with E-state index < -0.39 is 11.4 Å². The summed E-state index contributed by atoms with van der Waals surface area (Å²) in [5.41, 5.74) is 0.736. The lowest BCUT2D eigenvalue weighted by molar-refractivity contribution is -0.156. The van der Waals surface area contributed by atoms with Crippen LogP contribution in [0.15, 0.2) is 18.3 Å². The molecule has 0 unspecified atom stereocenters. The molecule has 1 saturated carbocycles. The Kier molecular flexibility index (Phi) is 3.52. The molecule has 17 heavy (non-hydrogen) atoms. The van der Waals surface area contributed by atoms with Crippen molar-refractivity contribution in [3.05, 3.63) is 24.0 Å². The van der Waals surface area contributed by atoms with Crippen LogP contribution < -0.4 is 0 Å². The monoisotopic (exact) mass is 236 g/mol. The second-order valence-corrected chi connectivity index (χ2v) is 5.12. The number of likely N-dealkylation sites (N-methyl/N-ethyl adjacent to an activating group) is 1. The Morgan fingerprint density at radius 3 is 2.82 bits per heavy atom. The summed E-state index contributed by atoms with van der Waals surface area (Å²) in [4.78, 5) is 16.5. The summed E-state index contributed by atoms with van der Waals surface area (Å²) < 4.78 is 0. The van der Waals surface area contributed by atoms with E-state index >= 15 is 0 Å². The number of hydrogen-bond donors (Lipinski definition) is 2. The predicted molar refractivity (Wildman–Crippen MR) is 65.9 cm³/mol. The normalized spacial score (nSPS) is 18.0. The second-order valence-electron chi connectivity index (χ2n) is 5.12. The standard InChI is InChI=1S/C13H20N2O2/c1-15(9-5-11-4-2-8-14-11)10-13(12(16)17)6-3-7-13/h2,4,8,14H,3,5-7,9-10H2,1H3,(H,16,17). The van der Waals surface area contributed by atoms with Gasteiger partial charge >= 0.3 is 5.97 Å². The van der Waals surface area contributed by atoms with Gasteiger partial charge in [-0.3, -0.25) is 4.79 Å². The van der Waals surface area contributed by atoms with Gasteiger partial charge in [0.2, 0.25) is 0 Å². The van der Waals surface area contributed by atoms with E-state index in [1.807, 2.05) is 19.3 Å². The summed E-state index contributed by atoms with van der Waals surface area (Å²) in [6.45, 7) is 1.57. The third kappa shape index (κ3) is 2.69. The van der Waals surface area contributed by atoms with Crippen molar-refractivity contribution in [1.82, 2.24) is 9.88 Å². The highest BCUT2D eigenvalue weighted by Gasteiger charge is 2.44. The quantitative estimate of drug-likeness (QED) is 0.791. The summed E-state index contributed by atoms with van der Waals surface area (Å²) in [6, 6.07) is 4.05. The van der Waals surface area contributed by atoms with Gasteiger partial charge in [0, 0.05) is 31.4 Å². The molecule has 1 fully saturated rings. The molecule has 0 saturated heterocycles. The van der Waals surface area contributed by atoms with E-state index in [4.69, 9.17) is 0 Å². The van der Waals surface area contributed by atoms with E-state index in [9.17, 15) is 9.90 Å². The second kappa shape index (κ2) is 4.92. The zero-order valence-corrected chi connectivity index (χ0v) is 10.3. The summed E-state index contributed by atoms with van der Waals surface area (Å²) in [5, 5.41) is 9.25. The van der Waals surface area contributed by atoms with Gasteiger partial charge in [-0.2, -0.15) is 0 Å². The number of carboxylic acid groups (broad SMARTS) is 1. The fourth-order valence-electron chi connectivity index (χ4n) is 2.47. The topological polar surface area (TPSA) is 56.3 Å². The van der Waals surface area contributed by atoms with Crippen LogP contribution in [0.25, 0.3) is 0 Å². The van der Waals surface area contributed by atoms with Crippen LogP contribution in [-0.2, 0) is 11.2 Å². The van der Waals surface area contributed by atoms with Gasteiger partial charge in [0.25, 0.3) is 0 Å². The lowest BCUT2D eigenvalue weighted by Crippen LogP contribution is -2.47. The molecule has 0 bridgehead atoms. The van der Waals surface area contributed by atoms with Crippen LogP contribution in [-0.4, -0.2) is 41.1 Å². The Morgan fingerprint density at radius 2 is 2.35 bits per heavy atom. The van der Waals surface area contributed by atoms with E-state index in [1.165, 1.54) is 5.69 Å². The average Bonchev–Trinajstić information content (AvgIpc) is 2.72. The van der Waals surface area contributed by atoms with E-state index in [-0.39, 0.29) is 0 Å². The summed E-state index contributed by atoms with van der Waals surface area (Å²) in [6.07, 6.45) is 5.57. The van der Waals surface area contributed by atoms with Gasteiger partial charge in [0.1, 0.15) is 0 Å². The van der Waals surface area contributed by atoms with E-state index in [1.54, 1.807) is 0 Å². The van der Waals surface area contributed by atoms with Crippen LogP contribution in [0.1, 0.15) is 25.0 Å². The lowest BCUT2D eigenvalue weighted by atomic mass is 9.68. The molecule has 1 aliphatic carbocycles. The Morgan fingerprint density at radius 1 is 1.59 bits per heavy atom. The smallest absolute Gasteiger partial charge is 0.310 e. The molecule has 1 heterocycles. The Labute approximate surface area is 102 Å². The maximum absolute atomic E-state index is 11.2. The van der Waals surface area contributed by atoms with Crippen molar-refractivity contribution in [3.63, 3.8) is 0 Å². The molecule has 4 heteroatoms. The van der Waals surface area contributed by atoms with Crippen molar-refractivity contribution < 1.29 is 9.90 Å². The number of rotatable bonds is 6. The summed E-state index contributed by atoms with van der Waals surface area (Å²) >= 11 is 0. The minimum atomic E-state index is -0.629. The van der Waals surface area contributed by atoms with Gasteiger partial charge in [0.15, 0.2) is 0 Å². The van der Waals surface area contributed by atoms with Gasteiger partial charge in [0.05, 0.1) is 5.41 Å². The van der Waals surface area contributed by atoms with Crippen molar-refractivity contribution in [2.45, 2.75) is 25.7 Å². The fourth-order valence-corrected chi connectivity index (χ4v) is 2.47. The van der Waals surface area contributed by atoms with Crippen molar-refractivity contribution in [2.24, 2.45) is 5.41 Å². The molecule has 2 rings (SSSR count). The Balaban J connectivity index is 1.80. The molecule has 0 atom stereocenters. The fraction of sp³-hybridized carbons (Fsp3) is 0.615. The van der Waals surface area contributed by atoms with Crippen LogP contribution in [0.2, 0.25) is 0 Å². The van der Waals surface area contributed by atoms with Crippen LogP contribution in [0.3, 0.4) is 0 Å². The highest BCUT2D eigenvalue weighted by molar-refractivity contribution is 5.76. The maximum Gasteiger partial charge on any atom is 0.310 e. The zero-order valence-electron chi connectivity index (χ0n) is 10.3. The first kappa shape index (κ1) is 12.2. The molecular formula is C13H20N2O2. The number of hydrogen-bond acceptors (Lipinski definition) is 2. The predicted octanol–water partition coefficient (Wildman–Crippen LogP) is 1.74. The number of nitrogens with zero attached hydrogens (tertiary/aromatic N) is 1. The number of aliphatic carboxylic acids is 1. The number of aromatic amines is 1. The van der Waals surface area contributed by atoms with Crippen LogP contribution in [0, 0.1) is 5.41 Å². The maximum atomic E-state index is 11.2. The molecule has 1 aromatic rings. The zero-order chi connectivity index (χ0) is 12.3. The third-order valence-electron chi connectivity index (χ3n) is 3.76. The van der Waals surface area contributed by atoms with E-state index in [2.05, 4.69) is 16.0 Å². The average molecular weight is 236 g/mol. The largest absolute Gasteiger partial charge is 0.481 e. The molecule has 0 aromatic carbocycles. The number of nitrogens with one attached hydrogen (secondary N) is 1. The van der Waals surface area contributed by atoms with E-state index in [0.717, 1.165) is 32.2 Å². The molecule has 2 N–H and O–H groups in total. The number of H-pyrrole nitrogens is 1. The van der Waals surface area contributed by atoms with Gasteiger partial charge in [-0.05, 0) is 32.0 Å². The highest BCUT2D eigenvalue weighted by atomic mass is 16.4. The molecule has 0 aliphatic heterocycles. The van der Waals surface area contributed by atoms with Crippen LogP contribution in [0.4, 0.5) is 0 Å². The van der Waals surface area contributed by atoms with Crippen molar-refractivity contribution >= 4 is 5.97 Å². The molecule has 1 aliphatic rings. The highest BCUT2D eigenvalue weighted by Crippen LogP contribution is 2.41. The first-order chi connectivity index (χ1) is 8.12. The molecule has 4 nitrogen and oxygen atoms in total. The van der Waals surface area contributed by atoms with Gasteiger partial charge in [-0.15, -0.1) is 0 Å². The number of carbonyl (C=O) groups is 1. The molecule has 0 amide bonds. The first-order valence-corrected chi connectivity index (χ1v) is 6.17. The third-order valence-corrected chi connectivity index (χ3v) is 3.76. The number of carboxylic acids is 1. The SMILES string of the molecule is CN(CCc1ccc[nH]1)CC1(C(=O)O)CCC1. The van der Waals surface area contributed by atoms with Crippen molar-refractivity contribution in [2.75, 3.05) is 20.1 Å². The molecule has 1 aromatic heterocycles. The van der Waals surface area contributed by atoms with Crippen LogP contribution in [0.5, 0.6) is 0 Å². The minimum Gasteiger partial charge on any atom is -0.481 e. The molecule has 94 valence electrons. The molecule has 0 radical (unpaired) electrons. The van der Waals surface area contributed by atoms with Gasteiger partial charge in [-0.1, -0.05) is 6.42 Å². The molecular weight excluding hydrogens is 216 g/mol. The first-order valence-electron chi connectivity index (χ1n) is 6.17. The molecule has 0 spiro atoms. The van der Waals surface area contributed by atoms with Crippen molar-refractivity contribution in [1.29, 1.82) is 0 Å². The Bertz CT molecular complexity index is 369. The van der Waals surface area contributed by atoms with Gasteiger partial charge < -0.3 is 15.0 Å². The number of aromatic nitrogens is 1. The minimum absolute atomic E-state index is 0.468. The van der Waals surface area contributed by atoms with Crippen molar-refractivity contribution in [3.8, 4) is 0 Å². The lowest BCUT2D eigenvalue weighted by Gasteiger charge is -2.40. The summed E-state index contributed by atoms with van der Waals surface area (Å²) in [5.74, 6) is -0.629. The summed E-state index contributed by atoms with van der Waals surface area (Å²) in [7, 11) is 2.01.